The molecule has 106 valence electrons. The Kier molecular flexibility index (Phi) is 4.79. The van der Waals surface area contributed by atoms with Gasteiger partial charge in [-0.3, -0.25) is 9.89 Å². The van der Waals surface area contributed by atoms with E-state index < -0.39 is 0 Å². The standard InChI is InChI=1S/C13H23N5O/c1-10-11(14)12(17-16-10)13(19)15-6-9-18-7-4-2-3-5-8-18/h2-9,14H2,1H3,(H,15,19)(H,16,17). The number of likely N-dealkylation sites (tertiary alicyclic amines) is 1. The molecule has 6 nitrogen and oxygen atoms in total. The van der Waals surface area contributed by atoms with Gasteiger partial charge in [0.1, 0.15) is 0 Å². The van der Waals surface area contributed by atoms with Crippen LogP contribution in [0.15, 0.2) is 0 Å². The van der Waals surface area contributed by atoms with Crippen LogP contribution in [0.4, 0.5) is 5.69 Å². The van der Waals surface area contributed by atoms with E-state index in [4.69, 9.17) is 5.73 Å². The molecule has 0 aliphatic carbocycles. The van der Waals surface area contributed by atoms with E-state index in [9.17, 15) is 4.79 Å². The molecule has 2 heterocycles. The minimum Gasteiger partial charge on any atom is -0.395 e. The van der Waals surface area contributed by atoms with E-state index in [0.717, 1.165) is 25.3 Å². The third-order valence-electron chi connectivity index (χ3n) is 3.62. The van der Waals surface area contributed by atoms with Gasteiger partial charge < -0.3 is 16.0 Å². The van der Waals surface area contributed by atoms with Gasteiger partial charge in [-0.1, -0.05) is 12.8 Å². The summed E-state index contributed by atoms with van der Waals surface area (Å²) in [6.45, 7) is 5.62. The van der Waals surface area contributed by atoms with Crippen LogP contribution < -0.4 is 11.1 Å². The number of anilines is 1. The molecule has 1 fully saturated rings. The van der Waals surface area contributed by atoms with Crippen molar-refractivity contribution < 1.29 is 4.79 Å². The highest BCUT2D eigenvalue weighted by atomic mass is 16.1. The number of carbonyl (C=O) groups is 1. The molecule has 0 radical (unpaired) electrons. The summed E-state index contributed by atoms with van der Waals surface area (Å²) in [5, 5.41) is 9.52. The van der Waals surface area contributed by atoms with Crippen LogP contribution in [0.2, 0.25) is 0 Å². The third-order valence-corrected chi connectivity index (χ3v) is 3.62. The predicted molar refractivity (Wildman–Crippen MR) is 75.0 cm³/mol. The van der Waals surface area contributed by atoms with Crippen molar-refractivity contribution in [2.75, 3.05) is 31.9 Å². The summed E-state index contributed by atoms with van der Waals surface area (Å²) >= 11 is 0. The second kappa shape index (κ2) is 6.56. The molecular weight excluding hydrogens is 242 g/mol. The van der Waals surface area contributed by atoms with Crippen LogP contribution in [-0.2, 0) is 0 Å². The molecule has 1 aromatic heterocycles. The quantitative estimate of drug-likeness (QED) is 0.755. The van der Waals surface area contributed by atoms with Crippen LogP contribution in [0, 0.1) is 6.92 Å². The second-order valence-corrected chi connectivity index (χ2v) is 5.12. The van der Waals surface area contributed by atoms with E-state index in [1.807, 2.05) is 0 Å². The van der Waals surface area contributed by atoms with Crippen LogP contribution in [0.3, 0.4) is 0 Å². The Bertz CT molecular complexity index is 421. The summed E-state index contributed by atoms with van der Waals surface area (Å²) in [6, 6.07) is 0. The monoisotopic (exact) mass is 265 g/mol. The zero-order chi connectivity index (χ0) is 13.7. The first kappa shape index (κ1) is 13.9. The molecule has 2 rings (SSSR count). The molecule has 0 saturated carbocycles. The van der Waals surface area contributed by atoms with Gasteiger partial charge >= 0.3 is 0 Å². The summed E-state index contributed by atoms with van der Waals surface area (Å²) in [7, 11) is 0. The number of amides is 1. The average Bonchev–Trinajstić information content (AvgIpc) is 2.61. The van der Waals surface area contributed by atoms with Gasteiger partial charge in [-0.05, 0) is 32.9 Å². The molecule has 19 heavy (non-hydrogen) atoms. The molecule has 6 heteroatoms. The van der Waals surface area contributed by atoms with E-state index in [2.05, 4.69) is 20.4 Å². The predicted octanol–water partition coefficient (Wildman–Crippen LogP) is 0.906. The molecule has 1 saturated heterocycles. The Balaban J connectivity index is 1.76. The molecule has 1 aliphatic heterocycles. The van der Waals surface area contributed by atoms with Crippen molar-refractivity contribution in [1.29, 1.82) is 0 Å². The minimum atomic E-state index is -0.198. The Morgan fingerprint density at radius 3 is 2.63 bits per heavy atom. The smallest absolute Gasteiger partial charge is 0.273 e. The summed E-state index contributed by atoms with van der Waals surface area (Å²) in [6.07, 6.45) is 5.18. The van der Waals surface area contributed by atoms with Crippen LogP contribution in [-0.4, -0.2) is 47.2 Å². The Morgan fingerprint density at radius 1 is 1.37 bits per heavy atom. The number of nitrogens with two attached hydrogens (primary N) is 1. The lowest BCUT2D eigenvalue weighted by Crippen LogP contribution is -2.35. The summed E-state index contributed by atoms with van der Waals surface area (Å²) < 4.78 is 0. The van der Waals surface area contributed by atoms with Gasteiger partial charge in [0.2, 0.25) is 0 Å². The molecule has 4 N–H and O–H groups in total. The molecule has 1 aliphatic rings. The maximum Gasteiger partial charge on any atom is 0.273 e. The number of rotatable bonds is 4. The van der Waals surface area contributed by atoms with Gasteiger partial charge in [0.25, 0.3) is 5.91 Å². The van der Waals surface area contributed by atoms with E-state index >= 15 is 0 Å². The van der Waals surface area contributed by atoms with Crippen LogP contribution in [0.25, 0.3) is 0 Å². The summed E-state index contributed by atoms with van der Waals surface area (Å²) in [5.74, 6) is -0.198. The molecule has 0 atom stereocenters. The molecular formula is C13H23N5O. The fourth-order valence-corrected chi connectivity index (χ4v) is 2.38. The summed E-state index contributed by atoms with van der Waals surface area (Å²) in [4.78, 5) is 14.3. The topological polar surface area (TPSA) is 87.0 Å². The van der Waals surface area contributed by atoms with Crippen molar-refractivity contribution in [3.63, 3.8) is 0 Å². The molecule has 1 aromatic rings. The second-order valence-electron chi connectivity index (χ2n) is 5.12. The van der Waals surface area contributed by atoms with Crippen molar-refractivity contribution in [3.05, 3.63) is 11.4 Å². The lowest BCUT2D eigenvalue weighted by Gasteiger charge is -2.19. The maximum atomic E-state index is 11.9. The third kappa shape index (κ3) is 3.70. The largest absolute Gasteiger partial charge is 0.395 e. The van der Waals surface area contributed by atoms with Gasteiger partial charge in [0, 0.05) is 13.1 Å². The molecule has 1 amide bonds. The van der Waals surface area contributed by atoms with E-state index in [0.29, 0.717) is 17.9 Å². The first-order valence-corrected chi connectivity index (χ1v) is 6.99. The van der Waals surface area contributed by atoms with Crippen molar-refractivity contribution in [1.82, 2.24) is 20.4 Å². The SMILES string of the molecule is Cc1[nH]nc(C(=O)NCCN2CCCCCC2)c1N. The number of aromatic nitrogens is 2. The highest BCUT2D eigenvalue weighted by Gasteiger charge is 2.15. The van der Waals surface area contributed by atoms with E-state index in [-0.39, 0.29) is 5.91 Å². The molecule has 0 unspecified atom stereocenters. The zero-order valence-electron chi connectivity index (χ0n) is 11.5. The number of nitrogens with zero attached hydrogens (tertiary/aromatic N) is 2. The van der Waals surface area contributed by atoms with Crippen LogP contribution >= 0.6 is 0 Å². The van der Waals surface area contributed by atoms with Crippen molar-refractivity contribution in [3.8, 4) is 0 Å². The van der Waals surface area contributed by atoms with Gasteiger partial charge in [-0.2, -0.15) is 5.10 Å². The highest BCUT2D eigenvalue weighted by Crippen LogP contribution is 2.12. The van der Waals surface area contributed by atoms with E-state index in [1.165, 1.54) is 25.7 Å². The molecule has 0 bridgehead atoms. The normalized spacial score (nSPS) is 17.1. The highest BCUT2D eigenvalue weighted by molar-refractivity contribution is 5.97. The number of aromatic amines is 1. The average molecular weight is 265 g/mol. The Hall–Kier alpha value is -1.56. The number of nitrogens with one attached hydrogen (secondary N) is 2. The van der Waals surface area contributed by atoms with Gasteiger partial charge in [0.05, 0.1) is 11.4 Å². The van der Waals surface area contributed by atoms with Crippen LogP contribution in [0.5, 0.6) is 0 Å². The fourth-order valence-electron chi connectivity index (χ4n) is 2.38. The number of nitrogen functional groups attached to an aromatic ring is 1. The van der Waals surface area contributed by atoms with Gasteiger partial charge in [0.15, 0.2) is 5.69 Å². The lowest BCUT2D eigenvalue weighted by molar-refractivity contribution is 0.0944. The van der Waals surface area contributed by atoms with Gasteiger partial charge in [-0.15, -0.1) is 0 Å². The first-order chi connectivity index (χ1) is 9.18. The van der Waals surface area contributed by atoms with Crippen molar-refractivity contribution in [2.24, 2.45) is 0 Å². The van der Waals surface area contributed by atoms with Crippen molar-refractivity contribution >= 4 is 11.6 Å². The Labute approximate surface area is 113 Å². The lowest BCUT2D eigenvalue weighted by atomic mass is 10.2. The first-order valence-electron chi connectivity index (χ1n) is 6.99. The van der Waals surface area contributed by atoms with Gasteiger partial charge in [-0.25, -0.2) is 0 Å². The Morgan fingerprint density at radius 2 is 2.05 bits per heavy atom. The molecule has 0 aromatic carbocycles. The fraction of sp³-hybridized carbons (Fsp3) is 0.692. The maximum absolute atomic E-state index is 11.9. The van der Waals surface area contributed by atoms with Crippen molar-refractivity contribution in [2.45, 2.75) is 32.6 Å². The van der Waals surface area contributed by atoms with E-state index in [1.54, 1.807) is 6.92 Å². The number of aryl methyl sites for hydroxylation is 1. The minimum absolute atomic E-state index is 0.198. The zero-order valence-corrected chi connectivity index (χ0v) is 11.5. The molecule has 0 spiro atoms. The summed E-state index contributed by atoms with van der Waals surface area (Å²) in [5.41, 5.74) is 7.24. The number of hydrogen-bond acceptors (Lipinski definition) is 4. The number of carbonyl (C=O) groups excluding carboxylic acids is 1. The number of H-pyrrole nitrogens is 1. The number of hydrogen-bond donors (Lipinski definition) is 3. The van der Waals surface area contributed by atoms with Crippen LogP contribution in [0.1, 0.15) is 41.9 Å².